The molecule has 1 aromatic rings. The van der Waals surface area contributed by atoms with Crippen molar-refractivity contribution in [2.45, 2.75) is 20.3 Å². The number of piperazine rings is 1. The second-order valence-electron chi connectivity index (χ2n) is 5.55. The lowest BCUT2D eigenvalue weighted by Gasteiger charge is -2.36. The Hall–Kier alpha value is -1.62. The van der Waals surface area contributed by atoms with Crippen LogP contribution in [0.3, 0.4) is 0 Å². The summed E-state index contributed by atoms with van der Waals surface area (Å²) in [5.74, 6) is -0.858. The standard InChI is InChI=1S/C16H20ClFN2O2/c1-3-11(2)15(21)19-6-8-20(9-7-19)16(22)13-5-4-12(17)10-14(13)18/h4-5,10-11H,3,6-9H2,1-2H3. The highest BCUT2D eigenvalue weighted by atomic mass is 35.5. The smallest absolute Gasteiger partial charge is 0.256 e. The van der Waals surface area contributed by atoms with Crippen LogP contribution in [0.2, 0.25) is 5.02 Å². The van der Waals surface area contributed by atoms with Gasteiger partial charge in [-0.05, 0) is 24.6 Å². The molecule has 0 spiro atoms. The van der Waals surface area contributed by atoms with Crippen LogP contribution in [-0.4, -0.2) is 47.8 Å². The van der Waals surface area contributed by atoms with E-state index in [2.05, 4.69) is 0 Å². The number of carbonyl (C=O) groups is 2. The lowest BCUT2D eigenvalue weighted by atomic mass is 10.1. The molecule has 0 aliphatic carbocycles. The number of hydrogen-bond acceptors (Lipinski definition) is 2. The minimum atomic E-state index is -0.615. The predicted octanol–water partition coefficient (Wildman–Crippen LogP) is 2.81. The molecule has 4 nitrogen and oxygen atoms in total. The number of hydrogen-bond donors (Lipinski definition) is 0. The molecule has 1 fully saturated rings. The first-order valence-corrected chi connectivity index (χ1v) is 7.85. The van der Waals surface area contributed by atoms with Gasteiger partial charge in [0.15, 0.2) is 0 Å². The van der Waals surface area contributed by atoms with E-state index in [1.807, 2.05) is 13.8 Å². The summed E-state index contributed by atoms with van der Waals surface area (Å²) >= 11 is 5.70. The number of carbonyl (C=O) groups excluding carboxylic acids is 2. The molecule has 0 bridgehead atoms. The fraction of sp³-hybridized carbons (Fsp3) is 0.500. The molecule has 1 aliphatic rings. The van der Waals surface area contributed by atoms with Crippen LogP contribution in [0.4, 0.5) is 4.39 Å². The second-order valence-corrected chi connectivity index (χ2v) is 5.99. The van der Waals surface area contributed by atoms with Gasteiger partial charge < -0.3 is 9.80 Å². The summed E-state index contributed by atoms with van der Waals surface area (Å²) in [6.45, 7) is 5.70. The summed E-state index contributed by atoms with van der Waals surface area (Å²) in [6.07, 6.45) is 0.800. The van der Waals surface area contributed by atoms with Gasteiger partial charge in [-0.1, -0.05) is 25.4 Å². The summed E-state index contributed by atoms with van der Waals surface area (Å²) in [5, 5.41) is 0.262. The predicted molar refractivity (Wildman–Crippen MR) is 83.3 cm³/mol. The average molecular weight is 327 g/mol. The summed E-state index contributed by atoms with van der Waals surface area (Å²) in [5.41, 5.74) is 0.0195. The zero-order valence-corrected chi connectivity index (χ0v) is 13.6. The van der Waals surface area contributed by atoms with Gasteiger partial charge in [-0.25, -0.2) is 4.39 Å². The van der Waals surface area contributed by atoms with Gasteiger partial charge in [0, 0.05) is 37.1 Å². The van der Waals surface area contributed by atoms with E-state index < -0.39 is 5.82 Å². The van der Waals surface area contributed by atoms with Crippen molar-refractivity contribution in [2.75, 3.05) is 26.2 Å². The molecule has 1 aromatic carbocycles. The molecule has 120 valence electrons. The van der Waals surface area contributed by atoms with Crippen molar-refractivity contribution in [1.82, 2.24) is 9.80 Å². The van der Waals surface area contributed by atoms with Crippen LogP contribution in [0.15, 0.2) is 18.2 Å². The Morgan fingerprint density at radius 3 is 2.36 bits per heavy atom. The molecule has 2 amide bonds. The fourth-order valence-corrected chi connectivity index (χ4v) is 2.61. The van der Waals surface area contributed by atoms with Gasteiger partial charge in [-0.2, -0.15) is 0 Å². The fourth-order valence-electron chi connectivity index (χ4n) is 2.45. The monoisotopic (exact) mass is 326 g/mol. The summed E-state index contributed by atoms with van der Waals surface area (Å²) in [4.78, 5) is 27.8. The van der Waals surface area contributed by atoms with E-state index in [1.54, 1.807) is 9.80 Å². The van der Waals surface area contributed by atoms with Gasteiger partial charge in [0.05, 0.1) is 5.56 Å². The normalized spacial score (nSPS) is 16.5. The second kappa shape index (κ2) is 7.09. The van der Waals surface area contributed by atoms with Crippen LogP contribution in [0, 0.1) is 11.7 Å². The summed E-state index contributed by atoms with van der Waals surface area (Å²) < 4.78 is 13.8. The number of amides is 2. The third-order valence-corrected chi connectivity index (χ3v) is 4.31. The quantitative estimate of drug-likeness (QED) is 0.857. The Bertz CT molecular complexity index is 571. The molecule has 1 atom stereocenters. The zero-order chi connectivity index (χ0) is 16.3. The maximum atomic E-state index is 13.8. The Kier molecular flexibility index (Phi) is 5.40. The Morgan fingerprint density at radius 1 is 1.23 bits per heavy atom. The van der Waals surface area contributed by atoms with Crippen LogP contribution in [-0.2, 0) is 4.79 Å². The number of rotatable bonds is 3. The maximum Gasteiger partial charge on any atom is 0.256 e. The summed E-state index contributed by atoms with van der Waals surface area (Å²) in [6, 6.07) is 4.04. The highest BCUT2D eigenvalue weighted by molar-refractivity contribution is 6.30. The maximum absolute atomic E-state index is 13.8. The molecule has 1 heterocycles. The molecule has 2 rings (SSSR count). The van der Waals surface area contributed by atoms with Gasteiger partial charge >= 0.3 is 0 Å². The SMILES string of the molecule is CCC(C)C(=O)N1CCN(C(=O)c2ccc(Cl)cc2F)CC1. The third-order valence-electron chi connectivity index (χ3n) is 4.07. The molecular formula is C16H20ClFN2O2. The van der Waals surface area contributed by atoms with Crippen LogP contribution in [0.1, 0.15) is 30.6 Å². The molecule has 1 saturated heterocycles. The molecule has 6 heteroatoms. The van der Waals surface area contributed by atoms with Crippen molar-refractivity contribution in [1.29, 1.82) is 0 Å². The van der Waals surface area contributed by atoms with Crippen LogP contribution in [0.25, 0.3) is 0 Å². The number of benzene rings is 1. The van der Waals surface area contributed by atoms with Gasteiger partial charge in [0.1, 0.15) is 5.82 Å². The van der Waals surface area contributed by atoms with E-state index in [0.29, 0.717) is 26.2 Å². The first-order chi connectivity index (χ1) is 10.4. The first kappa shape index (κ1) is 16.7. The third kappa shape index (κ3) is 3.58. The average Bonchev–Trinajstić information content (AvgIpc) is 2.53. The summed E-state index contributed by atoms with van der Waals surface area (Å²) in [7, 11) is 0. The Balaban J connectivity index is 1.99. The highest BCUT2D eigenvalue weighted by Gasteiger charge is 2.27. The van der Waals surface area contributed by atoms with Gasteiger partial charge in [-0.3, -0.25) is 9.59 Å². The minimum Gasteiger partial charge on any atom is -0.339 e. The molecule has 1 unspecified atom stereocenters. The van der Waals surface area contributed by atoms with Gasteiger partial charge in [0.2, 0.25) is 5.91 Å². The highest BCUT2D eigenvalue weighted by Crippen LogP contribution is 2.18. The van der Waals surface area contributed by atoms with E-state index in [-0.39, 0.29) is 28.3 Å². The molecule has 0 N–H and O–H groups in total. The number of halogens is 2. The van der Waals surface area contributed by atoms with Crippen molar-refractivity contribution in [2.24, 2.45) is 5.92 Å². The zero-order valence-electron chi connectivity index (χ0n) is 12.8. The molecule has 22 heavy (non-hydrogen) atoms. The molecular weight excluding hydrogens is 307 g/mol. The lowest BCUT2D eigenvalue weighted by molar-refractivity contribution is -0.136. The topological polar surface area (TPSA) is 40.6 Å². The van der Waals surface area contributed by atoms with Gasteiger partial charge in [0.25, 0.3) is 5.91 Å². The van der Waals surface area contributed by atoms with Crippen molar-refractivity contribution in [3.63, 3.8) is 0 Å². The lowest BCUT2D eigenvalue weighted by Crippen LogP contribution is -2.51. The van der Waals surface area contributed by atoms with Crippen LogP contribution >= 0.6 is 11.6 Å². The van der Waals surface area contributed by atoms with Crippen LogP contribution < -0.4 is 0 Å². The largest absolute Gasteiger partial charge is 0.339 e. The van der Waals surface area contributed by atoms with Crippen molar-refractivity contribution in [3.8, 4) is 0 Å². The number of nitrogens with zero attached hydrogens (tertiary/aromatic N) is 2. The first-order valence-electron chi connectivity index (χ1n) is 7.47. The molecule has 0 aromatic heterocycles. The van der Waals surface area contributed by atoms with E-state index in [0.717, 1.165) is 12.5 Å². The Morgan fingerprint density at radius 2 is 1.82 bits per heavy atom. The minimum absolute atomic E-state index is 0.00374. The van der Waals surface area contributed by atoms with Crippen molar-refractivity contribution in [3.05, 3.63) is 34.6 Å². The van der Waals surface area contributed by atoms with E-state index >= 15 is 0 Å². The van der Waals surface area contributed by atoms with Crippen LogP contribution in [0.5, 0.6) is 0 Å². The van der Waals surface area contributed by atoms with E-state index in [4.69, 9.17) is 11.6 Å². The van der Waals surface area contributed by atoms with Gasteiger partial charge in [-0.15, -0.1) is 0 Å². The Labute approximate surface area is 134 Å². The van der Waals surface area contributed by atoms with E-state index in [9.17, 15) is 14.0 Å². The van der Waals surface area contributed by atoms with E-state index in [1.165, 1.54) is 12.1 Å². The van der Waals surface area contributed by atoms with Crippen molar-refractivity contribution < 1.29 is 14.0 Å². The molecule has 1 aliphatic heterocycles. The molecule has 0 radical (unpaired) electrons. The van der Waals surface area contributed by atoms with Crippen molar-refractivity contribution >= 4 is 23.4 Å². The molecule has 0 saturated carbocycles.